The molecule has 0 radical (unpaired) electrons. The van der Waals surface area contributed by atoms with Gasteiger partial charge < -0.3 is 10.5 Å². The molecule has 5 nitrogen and oxygen atoms in total. The number of carbonyl (C=O) groups is 3. The number of hydrogen-bond acceptors (Lipinski definition) is 5. The predicted octanol–water partition coefficient (Wildman–Crippen LogP) is 6.95. The molecule has 0 spiro atoms. The fourth-order valence-corrected chi connectivity index (χ4v) is 3.73. The van der Waals surface area contributed by atoms with Crippen molar-refractivity contribution in [3.63, 3.8) is 0 Å². The number of ether oxygens (including phenoxy) is 1. The number of anilines is 1. The van der Waals surface area contributed by atoms with E-state index in [1.165, 1.54) is 0 Å². The van der Waals surface area contributed by atoms with E-state index in [2.05, 4.69) is 20.8 Å². The Morgan fingerprint density at radius 1 is 0.658 bits per heavy atom. The summed E-state index contributed by atoms with van der Waals surface area (Å²) in [7, 11) is 1.57. The van der Waals surface area contributed by atoms with Gasteiger partial charge in [-0.05, 0) is 47.4 Å². The molecule has 4 aromatic carbocycles. The van der Waals surface area contributed by atoms with Gasteiger partial charge in [0.1, 0.15) is 5.75 Å². The van der Waals surface area contributed by atoms with Crippen molar-refractivity contribution in [3.05, 3.63) is 131 Å². The van der Waals surface area contributed by atoms with Crippen LogP contribution in [0.2, 0.25) is 0 Å². The second kappa shape index (κ2) is 12.6. The highest BCUT2D eigenvalue weighted by Crippen LogP contribution is 2.23. The Kier molecular flexibility index (Phi) is 9.33. The van der Waals surface area contributed by atoms with Gasteiger partial charge in [0.15, 0.2) is 17.3 Å². The first-order chi connectivity index (χ1) is 18.1. The van der Waals surface area contributed by atoms with Gasteiger partial charge in [0.05, 0.1) is 13.5 Å². The molecule has 0 unspecified atom stereocenters. The SMILES string of the molecule is COc1ccc(C(=O)CC(=O)c2ccc(C(C)(C)C)cc2)cc1.Nc1ccccc1C(=O)c1ccccc1. The van der Waals surface area contributed by atoms with Gasteiger partial charge in [0, 0.05) is 27.9 Å². The van der Waals surface area contributed by atoms with Crippen molar-refractivity contribution in [1.82, 2.24) is 0 Å². The molecule has 0 saturated heterocycles. The van der Waals surface area contributed by atoms with Crippen molar-refractivity contribution in [2.45, 2.75) is 32.6 Å². The Morgan fingerprint density at radius 3 is 1.66 bits per heavy atom. The van der Waals surface area contributed by atoms with Crippen LogP contribution in [-0.2, 0) is 5.41 Å². The van der Waals surface area contributed by atoms with Crippen molar-refractivity contribution >= 4 is 23.0 Å². The maximum atomic E-state index is 12.3. The van der Waals surface area contributed by atoms with Gasteiger partial charge in [0.25, 0.3) is 0 Å². The van der Waals surface area contributed by atoms with E-state index in [9.17, 15) is 14.4 Å². The summed E-state index contributed by atoms with van der Waals surface area (Å²) in [5, 5.41) is 0. The van der Waals surface area contributed by atoms with Gasteiger partial charge in [-0.2, -0.15) is 0 Å². The Hall–Kier alpha value is -4.51. The molecule has 4 aromatic rings. The lowest BCUT2D eigenvalue weighted by Gasteiger charge is -2.18. The molecule has 2 N–H and O–H groups in total. The average Bonchev–Trinajstić information content (AvgIpc) is 2.93. The molecule has 0 fully saturated rings. The van der Waals surface area contributed by atoms with Gasteiger partial charge in [-0.1, -0.05) is 87.5 Å². The highest BCUT2D eigenvalue weighted by atomic mass is 16.5. The van der Waals surface area contributed by atoms with E-state index < -0.39 is 0 Å². The van der Waals surface area contributed by atoms with Gasteiger partial charge in [-0.15, -0.1) is 0 Å². The van der Waals surface area contributed by atoms with Gasteiger partial charge in [0.2, 0.25) is 0 Å². The van der Waals surface area contributed by atoms with E-state index in [1.54, 1.807) is 67.8 Å². The number of benzene rings is 4. The van der Waals surface area contributed by atoms with E-state index >= 15 is 0 Å². The summed E-state index contributed by atoms with van der Waals surface area (Å²) in [6.07, 6.45) is -0.124. The number of rotatable bonds is 7. The minimum atomic E-state index is -0.183. The molecule has 0 aliphatic rings. The zero-order valence-electron chi connectivity index (χ0n) is 22.2. The number of ketones is 3. The first kappa shape index (κ1) is 28.1. The monoisotopic (exact) mass is 507 g/mol. The van der Waals surface area contributed by atoms with Gasteiger partial charge >= 0.3 is 0 Å². The number of Topliss-reactive ketones (excluding diaryl/α,β-unsaturated/α-hetero) is 2. The predicted molar refractivity (Wildman–Crippen MR) is 152 cm³/mol. The second-order valence-corrected chi connectivity index (χ2v) is 9.86. The van der Waals surface area contributed by atoms with Crippen LogP contribution in [0.1, 0.15) is 69.4 Å². The van der Waals surface area contributed by atoms with Crippen molar-refractivity contribution in [1.29, 1.82) is 0 Å². The largest absolute Gasteiger partial charge is 0.497 e. The maximum absolute atomic E-state index is 12.3. The zero-order chi connectivity index (χ0) is 27.7. The Morgan fingerprint density at radius 2 is 1.16 bits per heavy atom. The van der Waals surface area contributed by atoms with Crippen LogP contribution in [0.3, 0.4) is 0 Å². The topological polar surface area (TPSA) is 86.5 Å². The first-order valence-electron chi connectivity index (χ1n) is 12.4. The normalized spacial score (nSPS) is 10.6. The van der Waals surface area contributed by atoms with Crippen LogP contribution in [-0.4, -0.2) is 24.5 Å². The third kappa shape index (κ3) is 7.50. The number of carbonyl (C=O) groups excluding carboxylic acids is 3. The van der Waals surface area contributed by atoms with E-state index in [0.29, 0.717) is 33.7 Å². The number of para-hydroxylation sites is 1. The summed E-state index contributed by atoms with van der Waals surface area (Å²) < 4.78 is 5.06. The summed E-state index contributed by atoms with van der Waals surface area (Å²) in [5.74, 6) is 0.308. The van der Waals surface area contributed by atoms with Crippen LogP contribution in [0.4, 0.5) is 5.69 Å². The molecule has 0 aliphatic heterocycles. The van der Waals surface area contributed by atoms with E-state index in [-0.39, 0.29) is 29.2 Å². The smallest absolute Gasteiger partial charge is 0.195 e. The number of methoxy groups -OCH3 is 1. The average molecular weight is 508 g/mol. The summed E-state index contributed by atoms with van der Waals surface area (Å²) in [5.41, 5.74) is 9.77. The third-order valence-corrected chi connectivity index (χ3v) is 6.05. The van der Waals surface area contributed by atoms with Crippen LogP contribution in [0.25, 0.3) is 0 Å². The van der Waals surface area contributed by atoms with Crippen molar-refractivity contribution < 1.29 is 19.1 Å². The molecule has 0 heterocycles. The van der Waals surface area contributed by atoms with E-state index in [4.69, 9.17) is 10.5 Å². The van der Waals surface area contributed by atoms with Crippen LogP contribution in [0.15, 0.2) is 103 Å². The highest BCUT2D eigenvalue weighted by Gasteiger charge is 2.17. The third-order valence-electron chi connectivity index (χ3n) is 6.05. The van der Waals surface area contributed by atoms with Crippen molar-refractivity contribution in [2.24, 2.45) is 0 Å². The fraction of sp³-hybridized carbons (Fsp3) is 0.182. The highest BCUT2D eigenvalue weighted by molar-refractivity contribution is 6.13. The van der Waals surface area contributed by atoms with Crippen molar-refractivity contribution in [2.75, 3.05) is 12.8 Å². The van der Waals surface area contributed by atoms with Gasteiger partial charge in [-0.3, -0.25) is 14.4 Å². The lowest BCUT2D eigenvalue weighted by Crippen LogP contribution is -2.12. The molecule has 5 heteroatoms. The molecule has 0 aliphatic carbocycles. The number of hydrogen-bond donors (Lipinski definition) is 1. The van der Waals surface area contributed by atoms with E-state index in [1.807, 2.05) is 42.5 Å². The Bertz CT molecular complexity index is 1380. The van der Waals surface area contributed by atoms with Crippen LogP contribution < -0.4 is 10.5 Å². The molecular formula is C33H33NO4. The van der Waals surface area contributed by atoms with Crippen LogP contribution in [0.5, 0.6) is 5.75 Å². The molecule has 0 amide bonds. The summed E-state index contributed by atoms with van der Waals surface area (Å²) in [4.78, 5) is 36.4. The minimum Gasteiger partial charge on any atom is -0.497 e. The summed E-state index contributed by atoms with van der Waals surface area (Å²) >= 11 is 0. The molecule has 0 aromatic heterocycles. The Labute approximate surface area is 224 Å². The lowest BCUT2D eigenvalue weighted by molar-refractivity contribution is 0.0893. The quantitative estimate of drug-likeness (QED) is 0.166. The molecular weight excluding hydrogens is 474 g/mol. The standard InChI is InChI=1S/C20H22O3.C13H11NO/c1-20(2,3)16-9-5-14(6-10-16)18(21)13-19(22)15-7-11-17(23-4)12-8-15;14-12-9-5-4-8-11(12)13(15)10-6-2-1-3-7-10/h5-12H,13H2,1-4H3;1-9H,14H2. The minimum absolute atomic E-state index is 0.0336. The fourth-order valence-electron chi connectivity index (χ4n) is 3.73. The second-order valence-electron chi connectivity index (χ2n) is 9.86. The molecule has 0 atom stereocenters. The maximum Gasteiger partial charge on any atom is 0.195 e. The lowest BCUT2D eigenvalue weighted by atomic mass is 9.86. The van der Waals surface area contributed by atoms with Gasteiger partial charge in [-0.25, -0.2) is 0 Å². The molecule has 194 valence electrons. The number of nitrogen functional groups attached to an aromatic ring is 1. The van der Waals surface area contributed by atoms with Crippen LogP contribution >= 0.6 is 0 Å². The first-order valence-corrected chi connectivity index (χ1v) is 12.4. The van der Waals surface area contributed by atoms with E-state index in [0.717, 1.165) is 5.56 Å². The van der Waals surface area contributed by atoms with Crippen LogP contribution in [0, 0.1) is 0 Å². The molecule has 0 saturated carbocycles. The summed E-state index contributed by atoms with van der Waals surface area (Å²) in [6, 6.07) is 30.5. The summed E-state index contributed by atoms with van der Waals surface area (Å²) in [6.45, 7) is 6.37. The molecule has 4 rings (SSSR count). The van der Waals surface area contributed by atoms with Crippen molar-refractivity contribution in [3.8, 4) is 5.75 Å². The number of nitrogens with two attached hydrogens (primary N) is 1. The zero-order valence-corrected chi connectivity index (χ0v) is 22.2. The Balaban J connectivity index is 0.000000230. The molecule has 38 heavy (non-hydrogen) atoms. The molecule has 0 bridgehead atoms.